The highest BCUT2D eigenvalue weighted by molar-refractivity contribution is 5.55. The molecule has 2 aromatic rings. The lowest BCUT2D eigenvalue weighted by Crippen LogP contribution is -2.34. The average Bonchev–Trinajstić information content (AvgIpc) is 3.25. The molecule has 0 radical (unpaired) electrons. The van der Waals surface area contributed by atoms with Gasteiger partial charge in [0.15, 0.2) is 0 Å². The number of hydrogen-bond acceptors (Lipinski definition) is 3. The van der Waals surface area contributed by atoms with Crippen molar-refractivity contribution >= 4 is 5.69 Å². The van der Waals surface area contributed by atoms with E-state index in [-0.39, 0.29) is 0 Å². The number of aromatic nitrogens is 2. The first-order valence-corrected chi connectivity index (χ1v) is 10.2. The molecule has 0 spiro atoms. The van der Waals surface area contributed by atoms with Crippen molar-refractivity contribution in [1.82, 2.24) is 14.7 Å². The number of rotatable bonds is 4. The lowest BCUT2D eigenvalue weighted by Gasteiger charge is -2.33. The van der Waals surface area contributed by atoms with Gasteiger partial charge in [-0.1, -0.05) is 12.1 Å². The summed E-state index contributed by atoms with van der Waals surface area (Å²) in [5.74, 6) is 0. The number of piperidine rings is 1. The molecule has 0 atom stereocenters. The van der Waals surface area contributed by atoms with Crippen LogP contribution >= 0.6 is 0 Å². The van der Waals surface area contributed by atoms with Crippen molar-refractivity contribution in [2.75, 3.05) is 31.1 Å². The van der Waals surface area contributed by atoms with Gasteiger partial charge in [-0.25, -0.2) is 0 Å². The molecule has 2 fully saturated rings. The third-order valence-corrected chi connectivity index (χ3v) is 6.06. The van der Waals surface area contributed by atoms with E-state index in [4.69, 9.17) is 5.10 Å². The van der Waals surface area contributed by atoms with Crippen molar-refractivity contribution < 1.29 is 0 Å². The van der Waals surface area contributed by atoms with Gasteiger partial charge in [0, 0.05) is 44.1 Å². The van der Waals surface area contributed by atoms with Crippen LogP contribution in [-0.4, -0.2) is 40.9 Å². The van der Waals surface area contributed by atoms with E-state index >= 15 is 0 Å². The van der Waals surface area contributed by atoms with E-state index in [0.29, 0.717) is 6.04 Å². The molecule has 0 unspecified atom stereocenters. The molecule has 140 valence electrons. The Balaban J connectivity index is 1.35. The lowest BCUT2D eigenvalue weighted by atomic mass is 10.0. The summed E-state index contributed by atoms with van der Waals surface area (Å²) in [6.07, 6.45) is 5.08. The topological polar surface area (TPSA) is 24.3 Å². The van der Waals surface area contributed by atoms with Crippen LogP contribution < -0.4 is 4.90 Å². The molecule has 2 saturated heterocycles. The summed E-state index contributed by atoms with van der Waals surface area (Å²) in [4.78, 5) is 5.14. The fraction of sp³-hybridized carbons (Fsp3) is 0.591. The summed E-state index contributed by atoms with van der Waals surface area (Å²) in [6, 6.07) is 9.85. The molecule has 0 bridgehead atoms. The van der Waals surface area contributed by atoms with Crippen LogP contribution in [0.2, 0.25) is 0 Å². The van der Waals surface area contributed by atoms with E-state index < -0.39 is 0 Å². The minimum absolute atomic E-state index is 0.569. The number of hydrogen-bond donors (Lipinski definition) is 0. The van der Waals surface area contributed by atoms with Crippen molar-refractivity contribution in [3.8, 4) is 0 Å². The van der Waals surface area contributed by atoms with Gasteiger partial charge in [0.2, 0.25) is 0 Å². The average molecular weight is 353 g/mol. The predicted octanol–water partition coefficient (Wildman–Crippen LogP) is 4.25. The Morgan fingerprint density at radius 1 is 0.962 bits per heavy atom. The molecule has 3 heterocycles. The molecule has 0 saturated carbocycles. The summed E-state index contributed by atoms with van der Waals surface area (Å²) in [5, 5.41) is 4.70. The summed E-state index contributed by atoms with van der Waals surface area (Å²) < 4.78 is 2.25. The van der Waals surface area contributed by atoms with Crippen molar-refractivity contribution in [2.45, 2.75) is 59.0 Å². The smallest absolute Gasteiger partial charge is 0.0596 e. The first kappa shape index (κ1) is 17.6. The van der Waals surface area contributed by atoms with Crippen molar-refractivity contribution in [3.05, 3.63) is 46.8 Å². The van der Waals surface area contributed by atoms with Gasteiger partial charge in [-0.15, -0.1) is 0 Å². The SMILES string of the molecule is Cc1cc(C)n(C2CCN(Cc3ccc(N4CCCC4)c(C)c3)CC2)n1. The third kappa shape index (κ3) is 3.66. The Morgan fingerprint density at radius 3 is 2.31 bits per heavy atom. The molecule has 4 rings (SSSR count). The van der Waals surface area contributed by atoms with Crippen LogP contribution in [0.15, 0.2) is 24.3 Å². The van der Waals surface area contributed by atoms with E-state index in [1.807, 2.05) is 0 Å². The minimum atomic E-state index is 0.569. The number of nitrogens with zero attached hydrogens (tertiary/aromatic N) is 4. The number of anilines is 1. The van der Waals surface area contributed by atoms with Crippen molar-refractivity contribution in [1.29, 1.82) is 0 Å². The van der Waals surface area contributed by atoms with Crippen LogP contribution in [-0.2, 0) is 6.54 Å². The summed E-state index contributed by atoms with van der Waals surface area (Å²) in [6.45, 7) is 12.4. The molecule has 0 aliphatic carbocycles. The first-order chi connectivity index (χ1) is 12.6. The second-order valence-electron chi connectivity index (χ2n) is 8.19. The maximum atomic E-state index is 4.70. The van der Waals surface area contributed by atoms with Crippen LogP contribution in [0.25, 0.3) is 0 Å². The van der Waals surface area contributed by atoms with Crippen molar-refractivity contribution in [2.24, 2.45) is 0 Å². The highest BCUT2D eigenvalue weighted by Gasteiger charge is 2.22. The summed E-state index contributed by atoms with van der Waals surface area (Å²) in [7, 11) is 0. The number of likely N-dealkylation sites (tertiary alicyclic amines) is 1. The first-order valence-electron chi connectivity index (χ1n) is 10.2. The van der Waals surface area contributed by atoms with Crippen molar-refractivity contribution in [3.63, 3.8) is 0 Å². The highest BCUT2D eigenvalue weighted by atomic mass is 15.3. The summed E-state index contributed by atoms with van der Waals surface area (Å²) >= 11 is 0. The van der Waals surface area contributed by atoms with Gasteiger partial charge in [0.1, 0.15) is 0 Å². The number of aryl methyl sites for hydroxylation is 3. The van der Waals surface area contributed by atoms with Gasteiger partial charge >= 0.3 is 0 Å². The molecule has 0 N–H and O–H groups in total. The largest absolute Gasteiger partial charge is 0.371 e. The second-order valence-corrected chi connectivity index (χ2v) is 8.19. The molecular weight excluding hydrogens is 320 g/mol. The maximum Gasteiger partial charge on any atom is 0.0596 e. The zero-order valence-electron chi connectivity index (χ0n) is 16.5. The number of benzene rings is 1. The van der Waals surface area contributed by atoms with Crippen LogP contribution in [0.1, 0.15) is 54.2 Å². The van der Waals surface area contributed by atoms with Crippen LogP contribution in [0.3, 0.4) is 0 Å². The Morgan fingerprint density at radius 2 is 1.69 bits per heavy atom. The van der Waals surface area contributed by atoms with Crippen LogP contribution in [0.4, 0.5) is 5.69 Å². The van der Waals surface area contributed by atoms with Gasteiger partial charge in [0.25, 0.3) is 0 Å². The molecule has 0 amide bonds. The normalized spacial score (nSPS) is 19.4. The van der Waals surface area contributed by atoms with E-state index in [1.54, 1.807) is 0 Å². The molecule has 4 nitrogen and oxygen atoms in total. The molecule has 1 aromatic carbocycles. The van der Waals surface area contributed by atoms with Gasteiger partial charge in [-0.05, 0) is 69.7 Å². The van der Waals surface area contributed by atoms with Gasteiger partial charge in [-0.3, -0.25) is 9.58 Å². The predicted molar refractivity (Wildman–Crippen MR) is 108 cm³/mol. The third-order valence-electron chi connectivity index (χ3n) is 6.06. The van der Waals surface area contributed by atoms with E-state index in [2.05, 4.69) is 59.5 Å². The second kappa shape index (κ2) is 7.43. The van der Waals surface area contributed by atoms with Gasteiger partial charge in [0.05, 0.1) is 11.7 Å². The van der Waals surface area contributed by atoms with Gasteiger partial charge in [-0.2, -0.15) is 5.10 Å². The van der Waals surface area contributed by atoms with E-state index in [9.17, 15) is 0 Å². The summed E-state index contributed by atoms with van der Waals surface area (Å²) in [5.41, 5.74) is 6.76. The zero-order chi connectivity index (χ0) is 18.1. The molecule has 26 heavy (non-hydrogen) atoms. The molecule has 2 aliphatic heterocycles. The maximum absolute atomic E-state index is 4.70. The zero-order valence-corrected chi connectivity index (χ0v) is 16.5. The molecular formula is C22H32N4. The quantitative estimate of drug-likeness (QED) is 0.822. The lowest BCUT2D eigenvalue weighted by molar-refractivity contribution is 0.172. The molecule has 1 aromatic heterocycles. The molecule has 2 aliphatic rings. The van der Waals surface area contributed by atoms with Crippen LogP contribution in [0, 0.1) is 20.8 Å². The Labute approximate surface area is 157 Å². The van der Waals surface area contributed by atoms with Crippen LogP contribution in [0.5, 0.6) is 0 Å². The fourth-order valence-electron chi connectivity index (χ4n) is 4.72. The Hall–Kier alpha value is -1.81. The Kier molecular flexibility index (Phi) is 5.03. The highest BCUT2D eigenvalue weighted by Crippen LogP contribution is 2.27. The standard InChI is InChI=1S/C22H32N4/c1-17-14-20(6-7-22(17)25-10-4-5-11-25)16-24-12-8-21(9-13-24)26-19(3)15-18(2)23-26/h6-7,14-15,21H,4-5,8-13,16H2,1-3H3. The van der Waals surface area contributed by atoms with E-state index in [0.717, 1.165) is 25.3 Å². The minimum Gasteiger partial charge on any atom is -0.371 e. The fourth-order valence-corrected chi connectivity index (χ4v) is 4.72. The van der Waals surface area contributed by atoms with E-state index in [1.165, 1.54) is 61.3 Å². The Bertz CT molecular complexity index is 749. The monoisotopic (exact) mass is 352 g/mol. The van der Waals surface area contributed by atoms with Gasteiger partial charge < -0.3 is 4.90 Å². The molecule has 4 heteroatoms.